The quantitative estimate of drug-likeness (QED) is 0.805. The third-order valence-electron chi connectivity index (χ3n) is 4.14. The average molecular weight is 382 g/mol. The van der Waals surface area contributed by atoms with Crippen molar-refractivity contribution in [2.24, 2.45) is 0 Å². The van der Waals surface area contributed by atoms with Gasteiger partial charge in [0.05, 0.1) is 0 Å². The Kier molecular flexibility index (Phi) is 5.83. The van der Waals surface area contributed by atoms with E-state index in [9.17, 15) is 8.78 Å². The summed E-state index contributed by atoms with van der Waals surface area (Å²) in [5.41, 5.74) is 1.56. The van der Waals surface area contributed by atoms with Gasteiger partial charge in [0, 0.05) is 43.4 Å². The molecule has 1 N–H and O–H groups in total. The van der Waals surface area contributed by atoms with Crippen molar-refractivity contribution in [3.05, 3.63) is 64.7 Å². The van der Waals surface area contributed by atoms with Crippen LogP contribution in [0.3, 0.4) is 0 Å². The van der Waals surface area contributed by atoms with Gasteiger partial charge in [-0.05, 0) is 48.1 Å². The Hall–Kier alpha value is -1.76. The number of rotatable bonds is 3. The molecule has 1 saturated heterocycles. The summed E-state index contributed by atoms with van der Waals surface area (Å²) < 4.78 is 26.4. The fraction of sp³-hybridized carbons (Fsp3) is 0.278. The van der Waals surface area contributed by atoms with Crippen LogP contribution in [-0.4, -0.2) is 41.1 Å². The number of thiocarbonyl (C=S) groups is 1. The van der Waals surface area contributed by atoms with Gasteiger partial charge in [-0.3, -0.25) is 4.90 Å². The molecular formula is C18H18ClF2N3S. The van der Waals surface area contributed by atoms with E-state index < -0.39 is 0 Å². The maximum absolute atomic E-state index is 13.2. The SMILES string of the molecule is Fc1cccc(NC(=S)N2CCN(Cc3ccc(F)cc3Cl)CC2)c1. The lowest BCUT2D eigenvalue weighted by Gasteiger charge is -2.36. The molecule has 3 rings (SSSR count). The minimum absolute atomic E-state index is 0.297. The first-order valence-corrected chi connectivity index (χ1v) is 8.77. The topological polar surface area (TPSA) is 18.5 Å². The van der Waals surface area contributed by atoms with Crippen LogP contribution >= 0.6 is 23.8 Å². The lowest BCUT2D eigenvalue weighted by atomic mass is 10.2. The van der Waals surface area contributed by atoms with E-state index in [1.807, 2.05) is 0 Å². The van der Waals surface area contributed by atoms with Crippen LogP contribution in [0.2, 0.25) is 5.02 Å². The summed E-state index contributed by atoms with van der Waals surface area (Å²) in [6.45, 7) is 3.84. The third kappa shape index (κ3) is 4.87. The Labute approximate surface area is 156 Å². The van der Waals surface area contributed by atoms with Crippen LogP contribution in [0.4, 0.5) is 14.5 Å². The fourth-order valence-corrected chi connectivity index (χ4v) is 3.30. The van der Waals surface area contributed by atoms with Gasteiger partial charge < -0.3 is 10.2 Å². The summed E-state index contributed by atoms with van der Waals surface area (Å²) >= 11 is 11.5. The molecule has 0 radical (unpaired) electrons. The largest absolute Gasteiger partial charge is 0.346 e. The number of halogens is 3. The van der Waals surface area contributed by atoms with Crippen molar-refractivity contribution in [2.45, 2.75) is 6.54 Å². The van der Waals surface area contributed by atoms with Crippen LogP contribution < -0.4 is 5.32 Å². The van der Waals surface area contributed by atoms with Crippen molar-refractivity contribution < 1.29 is 8.78 Å². The van der Waals surface area contributed by atoms with Gasteiger partial charge in [0.15, 0.2) is 5.11 Å². The van der Waals surface area contributed by atoms with E-state index >= 15 is 0 Å². The van der Waals surface area contributed by atoms with Gasteiger partial charge in [0.2, 0.25) is 0 Å². The van der Waals surface area contributed by atoms with Crippen molar-refractivity contribution in [1.82, 2.24) is 9.80 Å². The lowest BCUT2D eigenvalue weighted by Crippen LogP contribution is -2.49. The van der Waals surface area contributed by atoms with Crippen LogP contribution in [0.1, 0.15) is 5.56 Å². The molecule has 0 atom stereocenters. The lowest BCUT2D eigenvalue weighted by molar-refractivity contribution is 0.177. The zero-order valence-corrected chi connectivity index (χ0v) is 15.1. The number of nitrogens with zero attached hydrogens (tertiary/aromatic N) is 2. The van der Waals surface area contributed by atoms with Crippen LogP contribution in [0.15, 0.2) is 42.5 Å². The number of anilines is 1. The molecule has 1 aliphatic rings. The predicted molar refractivity (Wildman–Crippen MR) is 101 cm³/mol. The molecule has 7 heteroatoms. The second-order valence-electron chi connectivity index (χ2n) is 5.94. The van der Waals surface area contributed by atoms with E-state index in [0.29, 0.717) is 22.4 Å². The van der Waals surface area contributed by atoms with Gasteiger partial charge >= 0.3 is 0 Å². The standard InChI is InChI=1S/C18H18ClF2N3S/c19-17-11-15(21)5-4-13(17)12-23-6-8-24(9-7-23)18(25)22-16-3-1-2-14(20)10-16/h1-5,10-11H,6-9,12H2,(H,22,25). The molecule has 2 aromatic carbocycles. The maximum atomic E-state index is 13.2. The Morgan fingerprint density at radius 2 is 1.76 bits per heavy atom. The molecule has 0 aliphatic carbocycles. The molecule has 0 aromatic heterocycles. The highest BCUT2D eigenvalue weighted by Gasteiger charge is 2.20. The molecular weight excluding hydrogens is 364 g/mol. The summed E-state index contributed by atoms with van der Waals surface area (Å²) in [4.78, 5) is 4.31. The molecule has 1 heterocycles. The van der Waals surface area contributed by atoms with E-state index in [1.54, 1.807) is 18.2 Å². The molecule has 1 aliphatic heterocycles. The smallest absolute Gasteiger partial charge is 0.173 e. The minimum Gasteiger partial charge on any atom is -0.346 e. The zero-order chi connectivity index (χ0) is 17.8. The minimum atomic E-state index is -0.327. The zero-order valence-electron chi connectivity index (χ0n) is 13.5. The Bertz CT molecular complexity index is 764. The van der Waals surface area contributed by atoms with E-state index in [0.717, 1.165) is 31.7 Å². The van der Waals surface area contributed by atoms with E-state index in [4.69, 9.17) is 23.8 Å². The Balaban J connectivity index is 1.52. The van der Waals surface area contributed by atoms with Crippen molar-refractivity contribution in [3.8, 4) is 0 Å². The van der Waals surface area contributed by atoms with Crippen molar-refractivity contribution in [3.63, 3.8) is 0 Å². The highest BCUT2D eigenvalue weighted by molar-refractivity contribution is 7.80. The van der Waals surface area contributed by atoms with Gasteiger partial charge in [-0.15, -0.1) is 0 Å². The Morgan fingerprint density at radius 3 is 2.44 bits per heavy atom. The van der Waals surface area contributed by atoms with Gasteiger partial charge in [0.25, 0.3) is 0 Å². The van der Waals surface area contributed by atoms with Crippen LogP contribution in [-0.2, 0) is 6.54 Å². The number of benzene rings is 2. The molecule has 3 nitrogen and oxygen atoms in total. The molecule has 0 amide bonds. The van der Waals surface area contributed by atoms with Gasteiger partial charge in [-0.2, -0.15) is 0 Å². The molecule has 25 heavy (non-hydrogen) atoms. The second-order valence-corrected chi connectivity index (χ2v) is 6.73. The highest BCUT2D eigenvalue weighted by Crippen LogP contribution is 2.20. The summed E-state index contributed by atoms with van der Waals surface area (Å²) in [7, 11) is 0. The molecule has 2 aromatic rings. The normalized spacial score (nSPS) is 15.2. The fourth-order valence-electron chi connectivity index (χ4n) is 2.77. The molecule has 0 spiro atoms. The molecule has 0 bridgehead atoms. The number of nitrogens with one attached hydrogen (secondary N) is 1. The molecule has 0 unspecified atom stereocenters. The van der Waals surface area contributed by atoms with Crippen LogP contribution in [0.25, 0.3) is 0 Å². The van der Waals surface area contributed by atoms with Crippen LogP contribution in [0, 0.1) is 11.6 Å². The van der Waals surface area contributed by atoms with Gasteiger partial charge in [0.1, 0.15) is 11.6 Å². The first-order chi connectivity index (χ1) is 12.0. The second kappa shape index (κ2) is 8.08. The Morgan fingerprint density at radius 1 is 1.04 bits per heavy atom. The highest BCUT2D eigenvalue weighted by atomic mass is 35.5. The molecule has 132 valence electrons. The number of piperazine rings is 1. The summed E-state index contributed by atoms with van der Waals surface area (Å²) in [5.74, 6) is -0.624. The van der Waals surface area contributed by atoms with Crippen LogP contribution in [0.5, 0.6) is 0 Å². The third-order valence-corrected chi connectivity index (χ3v) is 4.86. The van der Waals surface area contributed by atoms with Gasteiger partial charge in [-0.25, -0.2) is 8.78 Å². The summed E-state index contributed by atoms with van der Waals surface area (Å²) in [6, 6.07) is 10.7. The molecule has 0 saturated carbocycles. The monoisotopic (exact) mass is 381 g/mol. The number of hydrogen-bond donors (Lipinski definition) is 1. The summed E-state index contributed by atoms with van der Waals surface area (Å²) in [5, 5.41) is 4.11. The molecule has 1 fully saturated rings. The first kappa shape index (κ1) is 18.0. The van der Waals surface area contributed by atoms with Crippen molar-refractivity contribution in [2.75, 3.05) is 31.5 Å². The summed E-state index contributed by atoms with van der Waals surface area (Å²) in [6.07, 6.45) is 0. The van der Waals surface area contributed by atoms with E-state index in [1.165, 1.54) is 24.3 Å². The number of hydrogen-bond acceptors (Lipinski definition) is 2. The van der Waals surface area contributed by atoms with Crippen molar-refractivity contribution in [1.29, 1.82) is 0 Å². The average Bonchev–Trinajstić information content (AvgIpc) is 2.58. The maximum Gasteiger partial charge on any atom is 0.173 e. The van der Waals surface area contributed by atoms with Gasteiger partial charge in [-0.1, -0.05) is 23.7 Å². The first-order valence-electron chi connectivity index (χ1n) is 7.99. The predicted octanol–water partition coefficient (Wildman–Crippen LogP) is 4.13. The van der Waals surface area contributed by atoms with Crippen molar-refractivity contribution >= 4 is 34.6 Å². The van der Waals surface area contributed by atoms with E-state index in [-0.39, 0.29) is 11.6 Å². The van der Waals surface area contributed by atoms with E-state index in [2.05, 4.69) is 15.1 Å².